The first-order valence-electron chi connectivity index (χ1n) is 24.2. The van der Waals surface area contributed by atoms with Gasteiger partial charge in [-0.1, -0.05) is 77.0 Å². The number of carboxylic acids is 2. The molecule has 16 nitrogen and oxygen atoms in total. The van der Waals surface area contributed by atoms with Gasteiger partial charge in [-0.05, 0) is 87.8 Å². The van der Waals surface area contributed by atoms with Crippen molar-refractivity contribution in [3.8, 4) is 11.5 Å². The lowest BCUT2D eigenvalue weighted by atomic mass is 10.1. The topological polar surface area (TPSA) is 204 Å². The third-order valence-corrected chi connectivity index (χ3v) is 12.6. The number of nitro benzene ring substituents is 2. The highest BCUT2D eigenvalue weighted by molar-refractivity contribution is 5.97. The van der Waals surface area contributed by atoms with Gasteiger partial charge in [-0.15, -0.1) is 0 Å². The van der Waals surface area contributed by atoms with Gasteiger partial charge >= 0.3 is 11.9 Å². The van der Waals surface area contributed by atoms with E-state index in [1.54, 1.807) is 24.3 Å². The molecule has 66 heavy (non-hydrogen) atoms. The van der Waals surface area contributed by atoms with Gasteiger partial charge in [0.1, 0.15) is 22.6 Å². The molecule has 0 aromatic heterocycles. The molecule has 2 aliphatic rings. The van der Waals surface area contributed by atoms with Gasteiger partial charge in [0, 0.05) is 61.9 Å². The number of anilines is 2. The Morgan fingerprint density at radius 2 is 0.833 bits per heavy atom. The van der Waals surface area contributed by atoms with E-state index >= 15 is 0 Å². The van der Waals surface area contributed by atoms with Crippen molar-refractivity contribution in [1.29, 1.82) is 0 Å². The Kier molecular flexibility index (Phi) is 22.3. The molecule has 0 aliphatic carbocycles. The summed E-state index contributed by atoms with van der Waals surface area (Å²) in [6.07, 6.45) is 20.5. The molecule has 0 amide bonds. The molecule has 3 aromatic rings. The Morgan fingerprint density at radius 1 is 0.515 bits per heavy atom. The van der Waals surface area contributed by atoms with Crippen LogP contribution in [-0.4, -0.2) is 96.8 Å². The maximum atomic E-state index is 12.1. The number of aromatic carboxylic acids is 2. The first kappa shape index (κ1) is 51.5. The second-order valence-corrected chi connectivity index (χ2v) is 17.5. The molecule has 2 N–H and O–H groups in total. The highest BCUT2D eigenvalue weighted by Gasteiger charge is 2.27. The molecule has 2 atom stereocenters. The van der Waals surface area contributed by atoms with Crippen molar-refractivity contribution in [2.24, 2.45) is 0 Å². The molecule has 3 aromatic carbocycles. The van der Waals surface area contributed by atoms with Crippen LogP contribution in [0.4, 0.5) is 22.7 Å². The Bertz CT molecular complexity index is 1810. The van der Waals surface area contributed by atoms with Gasteiger partial charge in [0.25, 0.3) is 11.4 Å². The van der Waals surface area contributed by atoms with E-state index in [-0.39, 0.29) is 43.8 Å². The molecular formula is C50H70N4O12. The number of hydrogen-bond acceptors (Lipinski definition) is 12. The molecule has 0 unspecified atom stereocenters. The van der Waals surface area contributed by atoms with Crippen molar-refractivity contribution < 1.29 is 48.6 Å². The predicted molar refractivity (Wildman–Crippen MR) is 254 cm³/mol. The minimum Gasteiger partial charge on any atom is -0.493 e. The van der Waals surface area contributed by atoms with Crippen LogP contribution in [0.25, 0.3) is 0 Å². The highest BCUT2D eigenvalue weighted by atomic mass is 16.6. The largest absolute Gasteiger partial charge is 0.493 e. The molecule has 0 radical (unpaired) electrons. The van der Waals surface area contributed by atoms with Crippen molar-refractivity contribution in [1.82, 2.24) is 0 Å². The summed E-state index contributed by atoms with van der Waals surface area (Å²) in [4.78, 5) is 50.0. The van der Waals surface area contributed by atoms with Crippen LogP contribution in [0.5, 0.6) is 11.5 Å². The van der Waals surface area contributed by atoms with Gasteiger partial charge in [0.2, 0.25) is 0 Å². The minimum atomic E-state index is -1.20. The molecule has 362 valence electrons. The number of carboxylic acid groups (broad SMARTS) is 2. The third kappa shape index (κ3) is 17.1. The van der Waals surface area contributed by atoms with Crippen LogP contribution >= 0.6 is 0 Å². The van der Waals surface area contributed by atoms with Gasteiger partial charge in [0.05, 0.1) is 48.4 Å². The zero-order valence-corrected chi connectivity index (χ0v) is 38.5. The first-order valence-corrected chi connectivity index (χ1v) is 24.2. The van der Waals surface area contributed by atoms with E-state index in [0.29, 0.717) is 38.5 Å². The number of nitrogens with zero attached hydrogens (tertiary/aromatic N) is 4. The maximum Gasteiger partial charge on any atom is 0.339 e. The molecule has 16 heteroatoms. The molecule has 2 fully saturated rings. The number of nitro groups is 2. The maximum absolute atomic E-state index is 12.1. The lowest BCUT2D eigenvalue weighted by Gasteiger charge is -2.26. The van der Waals surface area contributed by atoms with Crippen molar-refractivity contribution in [2.45, 2.75) is 141 Å². The normalized spacial score (nSPS) is 15.9. The summed E-state index contributed by atoms with van der Waals surface area (Å²) in [7, 11) is 0. The Morgan fingerprint density at radius 3 is 1.15 bits per heavy atom. The quantitative estimate of drug-likeness (QED) is 0.0325. The summed E-state index contributed by atoms with van der Waals surface area (Å²) >= 11 is 0. The Hall–Kier alpha value is -5.48. The number of non-ortho nitro benzene ring substituents is 2. The van der Waals surface area contributed by atoms with Crippen molar-refractivity contribution in [2.75, 3.05) is 62.5 Å². The van der Waals surface area contributed by atoms with Crippen LogP contribution in [0.15, 0.2) is 60.7 Å². The molecule has 5 rings (SSSR count). The second-order valence-electron chi connectivity index (χ2n) is 17.5. The molecule has 0 bridgehead atoms. The smallest absolute Gasteiger partial charge is 0.339 e. The molecule has 0 spiro atoms. The van der Waals surface area contributed by atoms with E-state index in [9.17, 15) is 40.0 Å². The summed E-state index contributed by atoms with van der Waals surface area (Å²) in [5.74, 6) is -2.33. The molecule has 2 heterocycles. The van der Waals surface area contributed by atoms with Crippen LogP contribution in [-0.2, 0) is 9.47 Å². The summed E-state index contributed by atoms with van der Waals surface area (Å²) in [5, 5.41) is 41.7. The monoisotopic (exact) mass is 918 g/mol. The van der Waals surface area contributed by atoms with E-state index < -0.39 is 11.9 Å². The van der Waals surface area contributed by atoms with E-state index in [4.69, 9.17) is 18.9 Å². The van der Waals surface area contributed by atoms with Crippen molar-refractivity contribution >= 4 is 34.7 Å². The highest BCUT2D eigenvalue weighted by Crippen LogP contribution is 2.32. The third-order valence-electron chi connectivity index (χ3n) is 12.6. The average Bonchev–Trinajstić information content (AvgIpc) is 3.99. The molecular weight excluding hydrogens is 849 g/mol. The SMILES string of the molecule is O=C(O)c1cc(OCCCCCCCCCCOC[C@@H]2CCCN2c2ccc([N+](=O)[O-])cc2)c(C(=O)O)cc1OCCCCCCCCCCOC[C@@H]1CCCN1c1ccc([N+](=O)[O-])cc1. The molecule has 2 aliphatic heterocycles. The number of rotatable bonds is 34. The van der Waals surface area contributed by atoms with E-state index in [0.717, 1.165) is 166 Å². The summed E-state index contributed by atoms with van der Waals surface area (Å²) in [6, 6.07) is 16.6. The van der Waals surface area contributed by atoms with Crippen LogP contribution in [0.3, 0.4) is 0 Å². The van der Waals surface area contributed by atoms with Crippen LogP contribution in [0, 0.1) is 20.2 Å². The van der Waals surface area contributed by atoms with Gasteiger partial charge < -0.3 is 39.0 Å². The number of carbonyl (C=O) groups is 2. The summed E-state index contributed by atoms with van der Waals surface area (Å²) in [6.45, 7) is 5.19. The van der Waals surface area contributed by atoms with Crippen LogP contribution in [0.1, 0.15) is 149 Å². The Labute approximate surface area is 388 Å². The van der Waals surface area contributed by atoms with Crippen molar-refractivity contribution in [3.63, 3.8) is 0 Å². The molecule has 0 saturated carbocycles. The van der Waals surface area contributed by atoms with Crippen LogP contribution in [0.2, 0.25) is 0 Å². The van der Waals surface area contributed by atoms with E-state index in [1.807, 2.05) is 24.3 Å². The number of unbranched alkanes of at least 4 members (excludes halogenated alkanes) is 14. The average molecular weight is 919 g/mol. The number of hydrogen-bond donors (Lipinski definition) is 2. The fourth-order valence-electron chi connectivity index (χ4n) is 8.90. The van der Waals surface area contributed by atoms with Crippen LogP contribution < -0.4 is 19.3 Å². The lowest BCUT2D eigenvalue weighted by Crippen LogP contribution is -2.33. The lowest BCUT2D eigenvalue weighted by molar-refractivity contribution is -0.385. The zero-order chi connectivity index (χ0) is 46.9. The number of benzene rings is 3. The van der Waals surface area contributed by atoms with Gasteiger partial charge in [0.15, 0.2) is 0 Å². The Balaban J connectivity index is 0.852. The fourth-order valence-corrected chi connectivity index (χ4v) is 8.90. The molecule has 2 saturated heterocycles. The van der Waals surface area contributed by atoms with E-state index in [1.165, 1.54) is 12.1 Å². The fraction of sp³-hybridized carbons (Fsp3) is 0.600. The zero-order valence-electron chi connectivity index (χ0n) is 38.5. The van der Waals surface area contributed by atoms with Gasteiger partial charge in [-0.25, -0.2) is 9.59 Å². The summed E-state index contributed by atoms with van der Waals surface area (Å²) in [5.41, 5.74) is 1.97. The predicted octanol–water partition coefficient (Wildman–Crippen LogP) is 11.3. The van der Waals surface area contributed by atoms with Gasteiger partial charge in [-0.2, -0.15) is 0 Å². The van der Waals surface area contributed by atoms with E-state index in [2.05, 4.69) is 9.80 Å². The number of ether oxygens (including phenoxy) is 4. The second kappa shape index (κ2) is 28.5. The first-order chi connectivity index (χ1) is 32.1. The minimum absolute atomic E-state index is 0.0353. The summed E-state index contributed by atoms with van der Waals surface area (Å²) < 4.78 is 23.6. The van der Waals surface area contributed by atoms with Gasteiger partial charge in [-0.3, -0.25) is 20.2 Å². The van der Waals surface area contributed by atoms with Crippen molar-refractivity contribution in [3.05, 3.63) is 92.0 Å². The standard InChI is InChI=1S/C50H70N4O12/c55-49(56)45-36-48(66-34-16-12-8-4-2-6-10-14-32-64-38-44-20-18-30-52(44)40-23-27-42(28-24-40)54(61)62)46(50(57)58)35-47(45)65-33-15-11-7-3-1-5-9-13-31-63-37-43-19-17-29-51(43)39-21-25-41(26-22-39)53(59)60/h21-28,35-36,43-44H,1-20,29-34,37-38H2,(H,55,56)(H,57,58)/t43-,44-/m0/s1.